The zero-order valence-electron chi connectivity index (χ0n) is 12.2. The molecule has 0 saturated carbocycles. The average molecular weight is 274 g/mol. The van der Waals surface area contributed by atoms with Gasteiger partial charge in [0.25, 0.3) is 0 Å². The molecule has 20 heavy (non-hydrogen) atoms. The van der Waals surface area contributed by atoms with Crippen LogP contribution in [0.25, 0.3) is 0 Å². The Morgan fingerprint density at radius 3 is 2.55 bits per heavy atom. The Kier molecular flexibility index (Phi) is 3.42. The normalized spacial score (nSPS) is 21.9. The molecule has 0 spiro atoms. The summed E-state index contributed by atoms with van der Waals surface area (Å²) in [6.07, 6.45) is 1.74. The number of aryl methyl sites for hydroxylation is 2. The molecule has 4 nitrogen and oxygen atoms in total. The van der Waals surface area contributed by atoms with E-state index in [1.54, 1.807) is 0 Å². The topological polar surface area (TPSA) is 41.6 Å². The SMILES string of the molecule is Cc1ccc(C2(N3CCOC3=O)CCNCC2)cc1C. The van der Waals surface area contributed by atoms with E-state index < -0.39 is 0 Å². The maximum atomic E-state index is 12.1. The lowest BCUT2D eigenvalue weighted by Gasteiger charge is -2.44. The molecule has 2 aliphatic rings. The molecule has 0 bridgehead atoms. The van der Waals surface area contributed by atoms with Crippen LogP contribution in [0.15, 0.2) is 18.2 Å². The summed E-state index contributed by atoms with van der Waals surface area (Å²) < 4.78 is 5.19. The molecule has 4 heteroatoms. The van der Waals surface area contributed by atoms with Crippen LogP contribution >= 0.6 is 0 Å². The van der Waals surface area contributed by atoms with Crippen molar-refractivity contribution < 1.29 is 9.53 Å². The third-order valence-electron chi connectivity index (χ3n) is 4.75. The number of amides is 1. The van der Waals surface area contributed by atoms with E-state index in [9.17, 15) is 4.79 Å². The zero-order valence-corrected chi connectivity index (χ0v) is 12.2. The van der Waals surface area contributed by atoms with Crippen LogP contribution in [0.3, 0.4) is 0 Å². The molecule has 0 aromatic heterocycles. The lowest BCUT2D eigenvalue weighted by molar-refractivity contribution is 0.0856. The summed E-state index contributed by atoms with van der Waals surface area (Å²) in [6, 6.07) is 6.58. The first-order valence-corrected chi connectivity index (χ1v) is 7.36. The van der Waals surface area contributed by atoms with Crippen molar-refractivity contribution in [3.8, 4) is 0 Å². The fourth-order valence-corrected chi connectivity index (χ4v) is 3.37. The number of ether oxygens (including phenoxy) is 1. The molecular formula is C16H22N2O2. The second-order valence-electron chi connectivity index (χ2n) is 5.85. The number of hydrogen-bond acceptors (Lipinski definition) is 3. The predicted molar refractivity (Wildman–Crippen MR) is 77.8 cm³/mol. The maximum Gasteiger partial charge on any atom is 0.410 e. The molecule has 0 atom stereocenters. The third kappa shape index (κ3) is 2.08. The standard InChI is InChI=1S/C16H22N2O2/c1-12-3-4-14(11-13(12)2)16(5-7-17-8-6-16)18-9-10-20-15(18)19/h3-4,11,17H,5-10H2,1-2H3. The number of rotatable bonds is 2. The van der Waals surface area contributed by atoms with E-state index in [4.69, 9.17) is 4.74 Å². The molecule has 2 saturated heterocycles. The Balaban J connectivity index is 2.04. The Morgan fingerprint density at radius 2 is 1.95 bits per heavy atom. The van der Waals surface area contributed by atoms with Gasteiger partial charge in [-0.1, -0.05) is 18.2 Å². The van der Waals surface area contributed by atoms with Gasteiger partial charge in [-0.3, -0.25) is 4.90 Å². The summed E-state index contributed by atoms with van der Waals surface area (Å²) in [5.41, 5.74) is 3.63. The number of carbonyl (C=O) groups excluding carboxylic acids is 1. The lowest BCUT2D eigenvalue weighted by atomic mass is 9.79. The molecule has 1 N–H and O–H groups in total. The summed E-state index contributed by atoms with van der Waals surface area (Å²) in [6.45, 7) is 7.35. The van der Waals surface area contributed by atoms with Gasteiger partial charge in [0.1, 0.15) is 6.61 Å². The van der Waals surface area contributed by atoms with Gasteiger partial charge in [0.15, 0.2) is 0 Å². The lowest BCUT2D eigenvalue weighted by Crippen LogP contribution is -2.52. The first-order valence-electron chi connectivity index (χ1n) is 7.36. The van der Waals surface area contributed by atoms with Gasteiger partial charge >= 0.3 is 6.09 Å². The molecule has 0 unspecified atom stereocenters. The highest BCUT2D eigenvalue weighted by Gasteiger charge is 2.45. The summed E-state index contributed by atoms with van der Waals surface area (Å²) >= 11 is 0. The molecule has 2 fully saturated rings. The van der Waals surface area contributed by atoms with Gasteiger partial charge in [0, 0.05) is 0 Å². The fraction of sp³-hybridized carbons (Fsp3) is 0.562. The van der Waals surface area contributed by atoms with Crippen molar-refractivity contribution in [3.63, 3.8) is 0 Å². The molecule has 2 aliphatic heterocycles. The summed E-state index contributed by atoms with van der Waals surface area (Å²) in [5, 5.41) is 3.39. The van der Waals surface area contributed by atoms with Gasteiger partial charge in [-0.05, 0) is 56.5 Å². The highest BCUT2D eigenvalue weighted by atomic mass is 16.6. The van der Waals surface area contributed by atoms with Crippen LogP contribution in [0.2, 0.25) is 0 Å². The van der Waals surface area contributed by atoms with Crippen LogP contribution < -0.4 is 5.32 Å². The van der Waals surface area contributed by atoms with Crippen molar-refractivity contribution in [1.29, 1.82) is 0 Å². The first-order chi connectivity index (χ1) is 9.63. The van der Waals surface area contributed by atoms with Crippen molar-refractivity contribution in [2.75, 3.05) is 26.2 Å². The minimum atomic E-state index is -0.197. The van der Waals surface area contributed by atoms with Gasteiger partial charge < -0.3 is 10.1 Å². The minimum absolute atomic E-state index is 0.162. The van der Waals surface area contributed by atoms with E-state index in [1.165, 1.54) is 16.7 Å². The maximum absolute atomic E-state index is 12.1. The highest BCUT2D eigenvalue weighted by molar-refractivity contribution is 5.71. The van der Waals surface area contributed by atoms with Crippen LogP contribution in [0, 0.1) is 13.8 Å². The van der Waals surface area contributed by atoms with Crippen LogP contribution in [0.4, 0.5) is 4.79 Å². The monoisotopic (exact) mass is 274 g/mol. The Hall–Kier alpha value is -1.55. The van der Waals surface area contributed by atoms with Crippen LogP contribution in [0.5, 0.6) is 0 Å². The van der Waals surface area contributed by atoms with Crippen molar-refractivity contribution in [3.05, 3.63) is 34.9 Å². The van der Waals surface area contributed by atoms with Crippen LogP contribution in [0.1, 0.15) is 29.5 Å². The van der Waals surface area contributed by atoms with Crippen LogP contribution in [-0.2, 0) is 10.3 Å². The largest absolute Gasteiger partial charge is 0.448 e. The number of cyclic esters (lactones) is 1. The fourth-order valence-electron chi connectivity index (χ4n) is 3.37. The summed E-state index contributed by atoms with van der Waals surface area (Å²) in [7, 11) is 0. The van der Waals surface area contributed by atoms with Crippen molar-refractivity contribution in [2.24, 2.45) is 0 Å². The van der Waals surface area contributed by atoms with E-state index in [1.807, 2.05) is 4.90 Å². The van der Waals surface area contributed by atoms with Crippen LogP contribution in [-0.4, -0.2) is 37.2 Å². The number of benzene rings is 1. The summed E-state index contributed by atoms with van der Waals surface area (Å²) in [4.78, 5) is 14.0. The van der Waals surface area contributed by atoms with Gasteiger partial charge in [-0.2, -0.15) is 0 Å². The number of carbonyl (C=O) groups is 1. The predicted octanol–water partition coefficient (Wildman–Crippen LogP) is 2.33. The zero-order chi connectivity index (χ0) is 14.2. The number of piperidine rings is 1. The van der Waals surface area contributed by atoms with E-state index in [0.717, 1.165) is 25.9 Å². The van der Waals surface area contributed by atoms with Gasteiger partial charge in [-0.25, -0.2) is 4.79 Å². The van der Waals surface area contributed by atoms with Gasteiger partial charge in [0.2, 0.25) is 0 Å². The van der Waals surface area contributed by atoms with Crippen molar-refractivity contribution >= 4 is 6.09 Å². The minimum Gasteiger partial charge on any atom is -0.448 e. The molecule has 0 aliphatic carbocycles. The number of nitrogens with zero attached hydrogens (tertiary/aromatic N) is 1. The van der Waals surface area contributed by atoms with E-state index in [-0.39, 0.29) is 11.6 Å². The number of nitrogens with one attached hydrogen (secondary N) is 1. The first kappa shape index (κ1) is 13.4. The van der Waals surface area contributed by atoms with Gasteiger partial charge in [-0.15, -0.1) is 0 Å². The van der Waals surface area contributed by atoms with Crippen molar-refractivity contribution in [1.82, 2.24) is 10.2 Å². The molecule has 108 valence electrons. The Labute approximate surface area is 120 Å². The Bertz CT molecular complexity index is 521. The van der Waals surface area contributed by atoms with Crippen molar-refractivity contribution in [2.45, 2.75) is 32.2 Å². The molecule has 2 heterocycles. The second kappa shape index (κ2) is 5.09. The quantitative estimate of drug-likeness (QED) is 0.900. The number of hydrogen-bond donors (Lipinski definition) is 1. The third-order valence-corrected chi connectivity index (χ3v) is 4.75. The van der Waals surface area contributed by atoms with Gasteiger partial charge in [0.05, 0.1) is 12.1 Å². The molecule has 1 amide bonds. The van der Waals surface area contributed by atoms with E-state index in [2.05, 4.69) is 37.4 Å². The molecule has 0 radical (unpaired) electrons. The molecule has 1 aromatic carbocycles. The highest BCUT2D eigenvalue weighted by Crippen LogP contribution is 2.39. The second-order valence-corrected chi connectivity index (χ2v) is 5.85. The average Bonchev–Trinajstić information content (AvgIpc) is 2.89. The Morgan fingerprint density at radius 1 is 1.20 bits per heavy atom. The van der Waals surface area contributed by atoms with E-state index in [0.29, 0.717) is 13.2 Å². The molecular weight excluding hydrogens is 252 g/mol. The molecule has 1 aromatic rings. The summed E-state index contributed by atoms with van der Waals surface area (Å²) in [5.74, 6) is 0. The molecule has 3 rings (SSSR count). The smallest absolute Gasteiger partial charge is 0.410 e. The van der Waals surface area contributed by atoms with E-state index >= 15 is 0 Å².